The predicted octanol–water partition coefficient (Wildman–Crippen LogP) is 3.01. The molecule has 132 valence electrons. The summed E-state index contributed by atoms with van der Waals surface area (Å²) in [4.78, 5) is 37.4. The number of ether oxygens (including phenoxy) is 1. The number of anilines is 1. The van der Waals surface area contributed by atoms with E-state index in [0.717, 1.165) is 4.90 Å². The Morgan fingerprint density at radius 1 is 1.12 bits per heavy atom. The van der Waals surface area contributed by atoms with Crippen LogP contribution in [0.5, 0.6) is 0 Å². The third-order valence-corrected chi connectivity index (χ3v) is 4.23. The van der Waals surface area contributed by atoms with Gasteiger partial charge < -0.3 is 9.84 Å². The summed E-state index contributed by atoms with van der Waals surface area (Å²) >= 11 is 5.64. The maximum atomic E-state index is 13.0. The van der Waals surface area contributed by atoms with Gasteiger partial charge in [0.2, 0.25) is 5.91 Å². The summed E-state index contributed by atoms with van der Waals surface area (Å²) in [7, 11) is 1.43. The van der Waals surface area contributed by atoms with E-state index in [4.69, 9.17) is 16.3 Å². The third kappa shape index (κ3) is 2.84. The molecule has 2 aromatic rings. The van der Waals surface area contributed by atoms with Crippen molar-refractivity contribution >= 4 is 46.4 Å². The van der Waals surface area contributed by atoms with E-state index < -0.39 is 23.7 Å². The first kappa shape index (κ1) is 17.7. The molecule has 3 rings (SSSR count). The van der Waals surface area contributed by atoms with E-state index in [1.165, 1.54) is 25.3 Å². The van der Waals surface area contributed by atoms with Crippen LogP contribution in [0.15, 0.2) is 48.5 Å². The summed E-state index contributed by atoms with van der Waals surface area (Å²) in [6.45, 7) is 0. The van der Waals surface area contributed by atoms with E-state index in [9.17, 15) is 19.5 Å². The van der Waals surface area contributed by atoms with E-state index >= 15 is 0 Å². The summed E-state index contributed by atoms with van der Waals surface area (Å²) in [5.41, 5.74) is 1.40. The zero-order valence-corrected chi connectivity index (χ0v) is 14.5. The molecule has 2 amide bonds. The minimum atomic E-state index is -1.16. The van der Waals surface area contributed by atoms with Crippen molar-refractivity contribution in [2.75, 3.05) is 17.9 Å². The number of carbonyl (C=O) groups is 3. The molecule has 1 heterocycles. The second-order valence-corrected chi connectivity index (χ2v) is 5.75. The number of halogens is 1. The van der Waals surface area contributed by atoms with Crippen molar-refractivity contribution in [2.45, 2.75) is 0 Å². The molecule has 1 aliphatic rings. The van der Waals surface area contributed by atoms with Gasteiger partial charge in [-0.2, -0.15) is 0 Å². The second kappa shape index (κ2) is 7.01. The van der Waals surface area contributed by atoms with Gasteiger partial charge in [0.05, 0.1) is 23.9 Å². The number of nitrogens with zero attached hydrogens (tertiary/aromatic N) is 1. The van der Waals surface area contributed by atoms with E-state index in [1.54, 1.807) is 24.3 Å². The van der Waals surface area contributed by atoms with E-state index in [-0.39, 0.29) is 16.8 Å². The molecule has 26 heavy (non-hydrogen) atoms. The Kier molecular flexibility index (Phi) is 4.77. The van der Waals surface area contributed by atoms with Crippen LogP contribution in [0.1, 0.15) is 21.5 Å². The highest BCUT2D eigenvalue weighted by Crippen LogP contribution is 2.41. The Morgan fingerprint density at radius 3 is 2.38 bits per heavy atom. The van der Waals surface area contributed by atoms with E-state index in [1.807, 2.05) is 6.07 Å². The van der Waals surface area contributed by atoms with Gasteiger partial charge in [-0.15, -0.1) is 11.6 Å². The van der Waals surface area contributed by atoms with Crippen molar-refractivity contribution in [1.29, 1.82) is 0 Å². The monoisotopic (exact) mass is 371 g/mol. The van der Waals surface area contributed by atoms with Crippen LogP contribution in [0, 0.1) is 0 Å². The number of benzene rings is 2. The number of methoxy groups -OCH3 is 1. The Bertz CT molecular complexity index is 936. The Labute approximate surface area is 154 Å². The van der Waals surface area contributed by atoms with Crippen molar-refractivity contribution in [2.24, 2.45) is 0 Å². The smallest absolute Gasteiger partial charge is 0.335 e. The lowest BCUT2D eigenvalue weighted by atomic mass is 10.0. The predicted molar refractivity (Wildman–Crippen MR) is 96.9 cm³/mol. The summed E-state index contributed by atoms with van der Waals surface area (Å²) in [5.74, 6) is -2.52. The first-order chi connectivity index (χ1) is 12.5. The third-order valence-electron chi connectivity index (χ3n) is 4.00. The molecule has 0 radical (unpaired) electrons. The average Bonchev–Trinajstić information content (AvgIpc) is 2.94. The van der Waals surface area contributed by atoms with E-state index in [0.29, 0.717) is 16.9 Å². The molecular weight excluding hydrogens is 358 g/mol. The number of alkyl halides is 1. The van der Waals surface area contributed by atoms with Gasteiger partial charge in [-0.25, -0.2) is 9.69 Å². The van der Waals surface area contributed by atoms with Gasteiger partial charge in [0.15, 0.2) is 0 Å². The van der Waals surface area contributed by atoms with Crippen molar-refractivity contribution in [3.05, 3.63) is 65.2 Å². The average molecular weight is 372 g/mol. The van der Waals surface area contributed by atoms with Crippen LogP contribution in [-0.2, 0) is 14.3 Å². The molecule has 0 bridgehead atoms. The summed E-state index contributed by atoms with van der Waals surface area (Å²) in [6.07, 6.45) is 0. The number of carboxylic acid groups (broad SMARTS) is 1. The van der Waals surface area contributed by atoms with Crippen molar-refractivity contribution < 1.29 is 24.2 Å². The van der Waals surface area contributed by atoms with Gasteiger partial charge in [-0.1, -0.05) is 36.4 Å². The second-order valence-electron chi connectivity index (χ2n) is 5.48. The number of carboxylic acids is 1. The molecule has 1 aliphatic heterocycles. The zero-order valence-electron chi connectivity index (χ0n) is 13.7. The lowest BCUT2D eigenvalue weighted by molar-refractivity contribution is -0.122. The fourth-order valence-corrected chi connectivity index (χ4v) is 3.00. The number of hydrogen-bond acceptors (Lipinski definition) is 4. The minimum absolute atomic E-state index is 0.0381. The SMILES string of the molecule is CO/C(=C1/C(=O)N(C(=O)CCl)c2cc(C(=O)O)ccc21)c1ccccc1. The van der Waals surface area contributed by atoms with Gasteiger partial charge in [-0.05, 0) is 12.1 Å². The van der Waals surface area contributed by atoms with Crippen LogP contribution < -0.4 is 4.90 Å². The number of aromatic carboxylic acids is 1. The van der Waals surface area contributed by atoms with Crippen LogP contribution in [0.3, 0.4) is 0 Å². The molecule has 6 nitrogen and oxygen atoms in total. The Hall–Kier alpha value is -3.12. The molecule has 0 saturated heterocycles. The van der Waals surface area contributed by atoms with Gasteiger partial charge in [0, 0.05) is 11.1 Å². The normalized spacial score (nSPS) is 14.8. The molecular formula is C19H14ClNO5. The minimum Gasteiger partial charge on any atom is -0.495 e. The molecule has 2 aromatic carbocycles. The molecule has 1 N–H and O–H groups in total. The summed E-state index contributed by atoms with van der Waals surface area (Å²) in [6, 6.07) is 13.1. The van der Waals surface area contributed by atoms with Gasteiger partial charge >= 0.3 is 5.97 Å². The summed E-state index contributed by atoms with van der Waals surface area (Å²) < 4.78 is 5.46. The topological polar surface area (TPSA) is 83.9 Å². The van der Waals surface area contributed by atoms with E-state index in [2.05, 4.69) is 0 Å². The van der Waals surface area contributed by atoms with Crippen LogP contribution in [-0.4, -0.2) is 35.9 Å². The first-order valence-electron chi connectivity index (χ1n) is 7.64. The molecule has 0 unspecified atom stereocenters. The van der Waals surface area contributed by atoms with Gasteiger partial charge in [-0.3, -0.25) is 9.59 Å². The molecule has 0 spiro atoms. The van der Waals surface area contributed by atoms with Crippen LogP contribution >= 0.6 is 11.6 Å². The fraction of sp³-hybridized carbons (Fsp3) is 0.105. The standard InChI is InChI=1S/C19H14ClNO5/c1-26-17(11-5-3-2-4-6-11)16-13-8-7-12(19(24)25)9-14(13)21(18(16)23)15(22)10-20/h2-9H,10H2,1H3,(H,24,25)/b17-16+. The molecule has 0 atom stereocenters. The maximum absolute atomic E-state index is 13.0. The quantitative estimate of drug-likeness (QED) is 0.507. The largest absolute Gasteiger partial charge is 0.495 e. The molecule has 7 heteroatoms. The molecule has 0 fully saturated rings. The highest BCUT2D eigenvalue weighted by atomic mass is 35.5. The number of amides is 2. The number of carbonyl (C=O) groups excluding carboxylic acids is 2. The Morgan fingerprint density at radius 2 is 1.81 bits per heavy atom. The number of hydrogen-bond donors (Lipinski definition) is 1. The van der Waals surface area contributed by atoms with Crippen molar-refractivity contribution in [3.63, 3.8) is 0 Å². The zero-order chi connectivity index (χ0) is 18.8. The molecule has 0 aromatic heterocycles. The van der Waals surface area contributed by atoms with Crippen LogP contribution in [0.25, 0.3) is 11.3 Å². The molecule has 0 saturated carbocycles. The van der Waals surface area contributed by atoms with Crippen molar-refractivity contribution in [1.82, 2.24) is 0 Å². The van der Waals surface area contributed by atoms with Gasteiger partial charge in [0.25, 0.3) is 5.91 Å². The highest BCUT2D eigenvalue weighted by Gasteiger charge is 2.39. The molecule has 0 aliphatic carbocycles. The fourth-order valence-electron chi connectivity index (χ4n) is 2.88. The maximum Gasteiger partial charge on any atom is 0.335 e. The number of fused-ring (bicyclic) bond motifs is 1. The van der Waals surface area contributed by atoms with Crippen LogP contribution in [0.2, 0.25) is 0 Å². The van der Waals surface area contributed by atoms with Crippen LogP contribution in [0.4, 0.5) is 5.69 Å². The Balaban J connectivity index is 2.29. The van der Waals surface area contributed by atoms with Gasteiger partial charge in [0.1, 0.15) is 11.6 Å². The summed E-state index contributed by atoms with van der Waals surface area (Å²) in [5, 5.41) is 9.21. The van der Waals surface area contributed by atoms with Crippen molar-refractivity contribution in [3.8, 4) is 0 Å². The lowest BCUT2D eigenvalue weighted by Crippen LogP contribution is -2.34. The number of rotatable bonds is 4. The highest BCUT2D eigenvalue weighted by molar-refractivity contribution is 6.46. The number of imide groups is 1. The first-order valence-corrected chi connectivity index (χ1v) is 8.17. The lowest BCUT2D eigenvalue weighted by Gasteiger charge is -2.14.